The number of nitrogens with one attached hydrogen (secondary N) is 1. The number of carbonyl (C=O) groups is 1. The minimum atomic E-state index is -3.48. The smallest absolute Gasteiger partial charge is 0.256 e. The summed E-state index contributed by atoms with van der Waals surface area (Å²) >= 11 is 0. The van der Waals surface area contributed by atoms with Crippen molar-refractivity contribution in [2.75, 3.05) is 32.4 Å². The molecular formula is C18H28N4O3S. The van der Waals surface area contributed by atoms with Gasteiger partial charge in [-0.05, 0) is 45.0 Å². The Labute approximate surface area is 155 Å². The quantitative estimate of drug-likeness (QED) is 0.702. The molecule has 2 heterocycles. The van der Waals surface area contributed by atoms with Crippen LogP contribution in [0.1, 0.15) is 38.5 Å². The molecule has 26 heavy (non-hydrogen) atoms. The van der Waals surface area contributed by atoms with Gasteiger partial charge in [-0.25, -0.2) is 8.42 Å². The second-order valence-electron chi connectivity index (χ2n) is 7.20. The summed E-state index contributed by atoms with van der Waals surface area (Å²) in [4.78, 5) is 16.6. The van der Waals surface area contributed by atoms with Gasteiger partial charge in [0, 0.05) is 25.3 Å². The van der Waals surface area contributed by atoms with E-state index in [1.54, 1.807) is 23.3 Å². The zero-order chi connectivity index (χ0) is 18.6. The van der Waals surface area contributed by atoms with Crippen LogP contribution in [0.4, 0.5) is 0 Å². The predicted molar refractivity (Wildman–Crippen MR) is 102 cm³/mol. The molecule has 0 atom stereocenters. The number of hydrogen-bond acceptors (Lipinski definition) is 5. The Bertz CT molecular complexity index is 721. The molecule has 3 rings (SSSR count). The molecule has 7 nitrogen and oxygen atoms in total. The lowest BCUT2D eigenvalue weighted by Crippen LogP contribution is -2.42. The van der Waals surface area contributed by atoms with Crippen LogP contribution in [0.3, 0.4) is 0 Å². The maximum Gasteiger partial charge on any atom is 0.256 e. The Morgan fingerprint density at radius 1 is 1.35 bits per heavy atom. The molecule has 1 amide bonds. The largest absolute Gasteiger partial charge is 0.352 e. The number of amides is 1. The fourth-order valence-electron chi connectivity index (χ4n) is 3.72. The summed E-state index contributed by atoms with van der Waals surface area (Å²) in [5.74, 6) is -0.0606. The summed E-state index contributed by atoms with van der Waals surface area (Å²) < 4.78 is 27.3. The van der Waals surface area contributed by atoms with Crippen molar-refractivity contribution in [1.82, 2.24) is 15.1 Å². The second-order valence-corrected chi connectivity index (χ2v) is 8.95. The average Bonchev–Trinajstić information content (AvgIpc) is 2.64. The molecule has 0 saturated heterocycles. The van der Waals surface area contributed by atoms with E-state index in [0.717, 1.165) is 13.0 Å². The molecule has 3 aliphatic rings. The maximum atomic E-state index is 12.5. The van der Waals surface area contributed by atoms with Crippen LogP contribution >= 0.6 is 0 Å². The summed E-state index contributed by atoms with van der Waals surface area (Å²) in [6.45, 7) is 1.84. The van der Waals surface area contributed by atoms with Crippen LogP contribution in [-0.2, 0) is 14.8 Å². The molecule has 2 aliphatic heterocycles. The van der Waals surface area contributed by atoms with Gasteiger partial charge in [-0.2, -0.15) is 0 Å². The van der Waals surface area contributed by atoms with Crippen molar-refractivity contribution in [2.45, 2.75) is 44.6 Å². The van der Waals surface area contributed by atoms with E-state index in [1.165, 1.54) is 32.1 Å². The molecule has 0 unspecified atom stereocenters. The molecule has 1 N–H and O–H groups in total. The number of sulfonamides is 1. The fourth-order valence-corrected chi connectivity index (χ4v) is 4.71. The van der Waals surface area contributed by atoms with Crippen LogP contribution in [0, 0.1) is 0 Å². The first kappa shape index (κ1) is 19.1. The second kappa shape index (κ2) is 8.35. The fraction of sp³-hybridized carbons (Fsp3) is 0.667. The molecule has 1 aliphatic carbocycles. The third-order valence-electron chi connectivity index (χ3n) is 5.27. The van der Waals surface area contributed by atoms with Crippen LogP contribution < -0.4 is 5.32 Å². The molecule has 1 saturated carbocycles. The first-order valence-corrected chi connectivity index (χ1v) is 11.0. The van der Waals surface area contributed by atoms with Crippen molar-refractivity contribution in [2.24, 2.45) is 4.40 Å². The Balaban J connectivity index is 1.49. The van der Waals surface area contributed by atoms with Gasteiger partial charge in [-0.15, -0.1) is 4.40 Å². The van der Waals surface area contributed by atoms with E-state index in [9.17, 15) is 13.2 Å². The van der Waals surface area contributed by atoms with Gasteiger partial charge < -0.3 is 15.1 Å². The van der Waals surface area contributed by atoms with Crippen molar-refractivity contribution in [3.8, 4) is 0 Å². The molecule has 0 bridgehead atoms. The van der Waals surface area contributed by atoms with E-state index < -0.39 is 10.0 Å². The van der Waals surface area contributed by atoms with Crippen LogP contribution in [0.2, 0.25) is 0 Å². The van der Waals surface area contributed by atoms with Gasteiger partial charge in [0.05, 0.1) is 11.3 Å². The lowest BCUT2D eigenvalue weighted by Gasteiger charge is -2.31. The van der Waals surface area contributed by atoms with Gasteiger partial charge in [0.1, 0.15) is 0 Å². The van der Waals surface area contributed by atoms with E-state index in [2.05, 4.69) is 21.7 Å². The third-order valence-corrected chi connectivity index (χ3v) is 6.42. The Morgan fingerprint density at radius 2 is 2.12 bits per heavy atom. The molecule has 0 radical (unpaired) electrons. The van der Waals surface area contributed by atoms with Gasteiger partial charge in [-0.3, -0.25) is 4.79 Å². The topological polar surface area (TPSA) is 82.1 Å². The highest BCUT2D eigenvalue weighted by Crippen LogP contribution is 2.21. The summed E-state index contributed by atoms with van der Waals surface area (Å²) in [5, 5.41) is 2.90. The van der Waals surface area contributed by atoms with E-state index in [4.69, 9.17) is 0 Å². The van der Waals surface area contributed by atoms with Gasteiger partial charge >= 0.3 is 0 Å². The van der Waals surface area contributed by atoms with Crippen LogP contribution in [0.5, 0.6) is 0 Å². The maximum absolute atomic E-state index is 12.5. The lowest BCUT2D eigenvalue weighted by molar-refractivity contribution is -0.117. The van der Waals surface area contributed by atoms with E-state index in [0.29, 0.717) is 24.7 Å². The zero-order valence-electron chi connectivity index (χ0n) is 15.4. The normalized spacial score (nSPS) is 22.6. The number of allylic oxidation sites excluding steroid dienone is 2. The highest BCUT2D eigenvalue weighted by molar-refractivity contribution is 7.90. The monoisotopic (exact) mass is 380 g/mol. The molecule has 0 aromatic heterocycles. The summed E-state index contributed by atoms with van der Waals surface area (Å²) in [7, 11) is -1.33. The first-order valence-electron chi connectivity index (χ1n) is 9.43. The number of hydrogen-bond donors (Lipinski definition) is 1. The lowest BCUT2D eigenvalue weighted by atomic mass is 9.94. The van der Waals surface area contributed by atoms with E-state index in [1.807, 2.05) is 0 Å². The molecule has 0 spiro atoms. The Hall–Kier alpha value is -1.67. The molecule has 1 fully saturated rings. The molecule has 0 aromatic rings. The van der Waals surface area contributed by atoms with E-state index in [-0.39, 0.29) is 17.5 Å². The average molecular weight is 381 g/mol. The summed E-state index contributed by atoms with van der Waals surface area (Å²) in [6.07, 6.45) is 12.5. The highest BCUT2D eigenvalue weighted by atomic mass is 32.2. The Kier molecular flexibility index (Phi) is 6.13. The number of carbonyl (C=O) groups excluding carboxylic acids is 1. The standard InChI is InChI=1S/C18H28N4O3S/c1-21(15-7-3-2-4-8-15)11-6-10-19-18(23)16-9-5-12-22-13-14-26(24,25)20-17(16)22/h5,9,12,15H,2-4,6-8,10-11,13-14H2,1H3,(H,19,23). The Morgan fingerprint density at radius 3 is 2.88 bits per heavy atom. The third kappa shape index (κ3) is 4.73. The number of amidine groups is 1. The highest BCUT2D eigenvalue weighted by Gasteiger charge is 2.29. The van der Waals surface area contributed by atoms with Crippen molar-refractivity contribution >= 4 is 21.8 Å². The van der Waals surface area contributed by atoms with Gasteiger partial charge in [0.15, 0.2) is 5.84 Å². The molecule has 144 valence electrons. The zero-order valence-corrected chi connectivity index (χ0v) is 16.2. The minimum absolute atomic E-state index is 0.0246. The molecule has 0 aromatic carbocycles. The number of nitrogens with zero attached hydrogens (tertiary/aromatic N) is 3. The van der Waals surface area contributed by atoms with Crippen LogP contribution in [0.25, 0.3) is 0 Å². The molecule has 8 heteroatoms. The number of rotatable bonds is 6. The SMILES string of the molecule is CN(CCCNC(=O)C1=CC=CN2CCS(=O)(=O)N=C12)C1CCCCC1. The summed E-state index contributed by atoms with van der Waals surface area (Å²) in [6, 6.07) is 0.668. The van der Waals surface area contributed by atoms with Crippen LogP contribution in [-0.4, -0.2) is 68.4 Å². The van der Waals surface area contributed by atoms with Crippen LogP contribution in [0.15, 0.2) is 28.3 Å². The van der Waals surface area contributed by atoms with Gasteiger partial charge in [-0.1, -0.05) is 19.3 Å². The molecular weight excluding hydrogens is 352 g/mol. The van der Waals surface area contributed by atoms with Gasteiger partial charge in [0.2, 0.25) is 0 Å². The van der Waals surface area contributed by atoms with Crippen molar-refractivity contribution in [1.29, 1.82) is 0 Å². The van der Waals surface area contributed by atoms with E-state index >= 15 is 0 Å². The number of fused-ring (bicyclic) bond motifs is 1. The van der Waals surface area contributed by atoms with Gasteiger partial charge in [0.25, 0.3) is 15.9 Å². The minimum Gasteiger partial charge on any atom is -0.352 e. The van der Waals surface area contributed by atoms with Crippen molar-refractivity contribution in [3.05, 3.63) is 23.9 Å². The van der Waals surface area contributed by atoms with Crippen molar-refractivity contribution < 1.29 is 13.2 Å². The first-order chi connectivity index (χ1) is 12.5. The summed E-state index contributed by atoms with van der Waals surface area (Å²) in [5.41, 5.74) is 0.316. The van der Waals surface area contributed by atoms with Crippen molar-refractivity contribution in [3.63, 3.8) is 0 Å². The predicted octanol–water partition coefficient (Wildman–Crippen LogP) is 1.25.